The Morgan fingerprint density at radius 1 is 0.793 bits per heavy atom. The summed E-state index contributed by atoms with van der Waals surface area (Å²) in [5, 5.41) is 33.7. The van der Waals surface area contributed by atoms with Gasteiger partial charge in [0.1, 0.15) is 11.5 Å². The Labute approximate surface area is 179 Å². The number of phenols is 2. The molecule has 0 aliphatic carbocycles. The highest BCUT2D eigenvalue weighted by molar-refractivity contribution is 5.58. The van der Waals surface area contributed by atoms with Gasteiger partial charge in [-0.1, -0.05) is 93.9 Å². The molecule has 0 saturated heterocycles. The minimum atomic E-state index is -0.766. The molecule has 1 aromatic carbocycles. The lowest BCUT2D eigenvalue weighted by Crippen LogP contribution is -2.23. The van der Waals surface area contributed by atoms with Gasteiger partial charge in [-0.3, -0.25) is 0 Å². The number of benzene rings is 1. The fourth-order valence-corrected chi connectivity index (χ4v) is 4.31. The molecule has 1 aromatic rings. The minimum absolute atomic E-state index is 0.0972. The zero-order chi connectivity index (χ0) is 22.4. The first-order chi connectivity index (χ1) is 13.4. The topological polar surface area (TPSA) is 60.7 Å². The van der Waals surface area contributed by atoms with Crippen LogP contribution in [0, 0.1) is 5.92 Å². The summed E-state index contributed by atoms with van der Waals surface area (Å²) in [6.07, 6.45) is 7.91. The smallest absolute Gasteiger partial charge is 0.123 e. The van der Waals surface area contributed by atoms with Crippen LogP contribution in [0.1, 0.15) is 130 Å². The van der Waals surface area contributed by atoms with E-state index in [0.717, 1.165) is 56.9 Å². The highest BCUT2D eigenvalue weighted by atomic mass is 16.3. The predicted molar refractivity (Wildman–Crippen MR) is 124 cm³/mol. The maximum atomic E-state index is 11.5. The van der Waals surface area contributed by atoms with Gasteiger partial charge in [-0.2, -0.15) is 0 Å². The monoisotopic (exact) mass is 406 g/mol. The van der Waals surface area contributed by atoms with Gasteiger partial charge in [0, 0.05) is 16.7 Å². The minimum Gasteiger partial charge on any atom is -0.508 e. The van der Waals surface area contributed by atoms with E-state index in [-0.39, 0.29) is 22.8 Å². The summed E-state index contributed by atoms with van der Waals surface area (Å²) < 4.78 is 0. The molecular formula is C26H46O3. The molecule has 0 aromatic heterocycles. The fraction of sp³-hybridized carbons (Fsp3) is 0.769. The van der Waals surface area contributed by atoms with Crippen LogP contribution in [0.3, 0.4) is 0 Å². The Bertz CT molecular complexity index is 625. The number of phenolic OH excluding ortho intramolecular Hbond substituents is 2. The molecule has 1 rings (SSSR count). The predicted octanol–water partition coefficient (Wildman–Crippen LogP) is 7.50. The highest BCUT2D eigenvalue weighted by Crippen LogP contribution is 2.48. The van der Waals surface area contributed by atoms with E-state index in [2.05, 4.69) is 13.8 Å². The van der Waals surface area contributed by atoms with Crippen LogP contribution < -0.4 is 0 Å². The lowest BCUT2D eigenvalue weighted by Gasteiger charge is -2.33. The summed E-state index contributed by atoms with van der Waals surface area (Å²) in [4.78, 5) is 0. The van der Waals surface area contributed by atoms with Crippen molar-refractivity contribution in [3.63, 3.8) is 0 Å². The van der Waals surface area contributed by atoms with Crippen molar-refractivity contribution >= 4 is 0 Å². The molecule has 0 saturated carbocycles. The molecule has 0 amide bonds. The Kier molecular flexibility index (Phi) is 9.53. The van der Waals surface area contributed by atoms with Crippen molar-refractivity contribution < 1.29 is 15.3 Å². The molecule has 0 aliphatic heterocycles. The van der Waals surface area contributed by atoms with Crippen molar-refractivity contribution in [1.82, 2.24) is 0 Å². The quantitative estimate of drug-likeness (QED) is 0.278. The highest BCUT2D eigenvalue weighted by Gasteiger charge is 2.35. The second-order valence-corrected chi connectivity index (χ2v) is 10.8. The van der Waals surface area contributed by atoms with E-state index in [9.17, 15) is 15.3 Å². The van der Waals surface area contributed by atoms with E-state index < -0.39 is 11.5 Å². The Morgan fingerprint density at radius 2 is 1.28 bits per heavy atom. The van der Waals surface area contributed by atoms with E-state index in [1.54, 1.807) is 6.07 Å². The summed E-state index contributed by atoms with van der Waals surface area (Å²) in [5.41, 5.74) is 1.25. The van der Waals surface area contributed by atoms with Crippen LogP contribution >= 0.6 is 0 Å². The second-order valence-electron chi connectivity index (χ2n) is 10.8. The normalized spacial score (nSPS) is 13.9. The third kappa shape index (κ3) is 6.91. The molecule has 29 heavy (non-hydrogen) atoms. The number of aliphatic hydroxyl groups excluding tert-OH is 1. The van der Waals surface area contributed by atoms with Gasteiger partial charge in [0.2, 0.25) is 0 Å². The molecule has 1 atom stereocenters. The average molecular weight is 407 g/mol. The number of unbranched alkanes of at least 4 members (excludes halogenated alkanes) is 4. The van der Waals surface area contributed by atoms with Crippen LogP contribution in [0.2, 0.25) is 0 Å². The van der Waals surface area contributed by atoms with Crippen LogP contribution in [0.4, 0.5) is 0 Å². The van der Waals surface area contributed by atoms with Gasteiger partial charge in [0.15, 0.2) is 0 Å². The van der Waals surface area contributed by atoms with Gasteiger partial charge < -0.3 is 15.3 Å². The van der Waals surface area contributed by atoms with E-state index in [4.69, 9.17) is 0 Å². The van der Waals surface area contributed by atoms with E-state index in [1.807, 2.05) is 41.5 Å². The van der Waals surface area contributed by atoms with Crippen LogP contribution in [0.5, 0.6) is 11.5 Å². The molecule has 0 fully saturated rings. The van der Waals surface area contributed by atoms with Crippen molar-refractivity contribution in [3.05, 3.63) is 22.8 Å². The Morgan fingerprint density at radius 3 is 1.66 bits per heavy atom. The SMILES string of the molecule is CCCCCC(CCCCC)C(O)c1c(O)cc(C(C)(C)C)c(O)c1C(C)(C)C. The molecule has 3 nitrogen and oxygen atoms in total. The number of rotatable bonds is 10. The molecule has 168 valence electrons. The molecule has 0 bridgehead atoms. The zero-order valence-electron chi connectivity index (χ0n) is 20.2. The lowest BCUT2D eigenvalue weighted by atomic mass is 9.74. The molecule has 0 aliphatic rings. The molecule has 0 radical (unpaired) electrons. The van der Waals surface area contributed by atoms with Gasteiger partial charge in [0.25, 0.3) is 0 Å². The van der Waals surface area contributed by atoms with Crippen LogP contribution in [0.15, 0.2) is 6.07 Å². The van der Waals surface area contributed by atoms with Gasteiger partial charge >= 0.3 is 0 Å². The summed E-state index contributed by atoms with van der Waals surface area (Å²) in [7, 11) is 0. The molecular weight excluding hydrogens is 360 g/mol. The summed E-state index contributed by atoms with van der Waals surface area (Å²) in [6, 6.07) is 1.66. The summed E-state index contributed by atoms with van der Waals surface area (Å²) in [5.74, 6) is 0.429. The first kappa shape index (κ1) is 25.8. The number of hydrogen-bond acceptors (Lipinski definition) is 3. The molecule has 0 spiro atoms. The fourth-order valence-electron chi connectivity index (χ4n) is 4.31. The average Bonchev–Trinajstić information content (AvgIpc) is 2.59. The number of aliphatic hydroxyl groups is 1. The molecule has 3 N–H and O–H groups in total. The zero-order valence-corrected chi connectivity index (χ0v) is 20.2. The van der Waals surface area contributed by atoms with Gasteiger partial charge in [-0.05, 0) is 35.7 Å². The van der Waals surface area contributed by atoms with Crippen molar-refractivity contribution in [1.29, 1.82) is 0 Å². The Balaban J connectivity index is 3.48. The summed E-state index contributed by atoms with van der Waals surface area (Å²) >= 11 is 0. The third-order valence-corrected chi connectivity index (χ3v) is 5.98. The molecule has 0 heterocycles. The first-order valence-corrected chi connectivity index (χ1v) is 11.6. The van der Waals surface area contributed by atoms with Crippen LogP contribution in [-0.2, 0) is 10.8 Å². The van der Waals surface area contributed by atoms with E-state index in [0.29, 0.717) is 11.1 Å². The van der Waals surface area contributed by atoms with Gasteiger partial charge in [0.05, 0.1) is 6.10 Å². The standard InChI is InChI=1S/C26H46O3/c1-9-11-13-15-18(16-14-12-10-2)23(28)21-20(27)17-19(25(3,4)5)24(29)22(21)26(6,7)8/h17-18,23,27-29H,9-16H2,1-8H3. The second kappa shape index (κ2) is 10.7. The van der Waals surface area contributed by atoms with E-state index >= 15 is 0 Å². The van der Waals surface area contributed by atoms with E-state index in [1.165, 1.54) is 0 Å². The van der Waals surface area contributed by atoms with Crippen LogP contribution in [0.25, 0.3) is 0 Å². The van der Waals surface area contributed by atoms with Crippen molar-refractivity contribution in [2.24, 2.45) is 5.92 Å². The van der Waals surface area contributed by atoms with Gasteiger partial charge in [-0.15, -0.1) is 0 Å². The number of aromatic hydroxyl groups is 2. The third-order valence-electron chi connectivity index (χ3n) is 5.98. The molecule has 1 unspecified atom stereocenters. The largest absolute Gasteiger partial charge is 0.508 e. The van der Waals surface area contributed by atoms with Crippen molar-refractivity contribution in [2.45, 2.75) is 124 Å². The maximum absolute atomic E-state index is 11.5. The first-order valence-electron chi connectivity index (χ1n) is 11.6. The maximum Gasteiger partial charge on any atom is 0.123 e. The van der Waals surface area contributed by atoms with Gasteiger partial charge in [-0.25, -0.2) is 0 Å². The van der Waals surface area contributed by atoms with Crippen LogP contribution in [-0.4, -0.2) is 15.3 Å². The number of hydrogen-bond donors (Lipinski definition) is 3. The lowest BCUT2D eigenvalue weighted by molar-refractivity contribution is 0.0894. The Hall–Kier alpha value is -1.22. The summed E-state index contributed by atoms with van der Waals surface area (Å²) in [6.45, 7) is 16.6. The van der Waals surface area contributed by atoms with Crippen molar-refractivity contribution in [3.8, 4) is 11.5 Å². The van der Waals surface area contributed by atoms with Crippen molar-refractivity contribution in [2.75, 3.05) is 0 Å². The molecule has 3 heteroatoms.